The Morgan fingerprint density at radius 2 is 1.79 bits per heavy atom. The summed E-state index contributed by atoms with van der Waals surface area (Å²) in [6.07, 6.45) is 2.26. The molecule has 0 bridgehead atoms. The Labute approximate surface area is 190 Å². The average Bonchev–Trinajstić information content (AvgIpc) is 3.18. The molecular weight excluding hydrogens is 481 g/mol. The number of phenolic OH excluding ortho intramolecular Hbond substituents is 1. The molecule has 158 valence electrons. The zero-order chi connectivity index (χ0) is 19.9. The Kier molecular flexibility index (Phi) is 8.88. The van der Waals surface area contributed by atoms with Gasteiger partial charge in [-0.05, 0) is 42.0 Å². The first-order valence-electron chi connectivity index (χ1n) is 9.58. The van der Waals surface area contributed by atoms with E-state index in [1.54, 1.807) is 12.1 Å². The lowest BCUT2D eigenvalue weighted by Gasteiger charge is -2.22. The molecule has 7 heteroatoms. The summed E-state index contributed by atoms with van der Waals surface area (Å²) < 4.78 is 10.5. The number of benzene rings is 2. The van der Waals surface area contributed by atoms with Crippen molar-refractivity contribution in [3.8, 4) is 17.2 Å². The number of hydrogen-bond acceptors (Lipinski definition) is 4. The van der Waals surface area contributed by atoms with Crippen molar-refractivity contribution in [2.24, 2.45) is 10.9 Å². The molecule has 6 nitrogen and oxygen atoms in total. The smallest absolute Gasteiger partial charge is 0.200 e. The molecule has 2 N–H and O–H groups in total. The lowest BCUT2D eigenvalue weighted by molar-refractivity contribution is 0.339. The fraction of sp³-hybridized carbons (Fsp3) is 0.409. The van der Waals surface area contributed by atoms with Gasteiger partial charge in [0.15, 0.2) is 17.5 Å². The van der Waals surface area contributed by atoms with Crippen molar-refractivity contribution < 1.29 is 14.6 Å². The number of aromatic hydroxyl groups is 1. The molecular formula is C22H30IN3O3. The van der Waals surface area contributed by atoms with Crippen LogP contribution in [0.15, 0.2) is 47.5 Å². The Balaban J connectivity index is 0.00000300. The molecule has 1 unspecified atom stereocenters. The predicted molar refractivity (Wildman–Crippen MR) is 127 cm³/mol. The van der Waals surface area contributed by atoms with Gasteiger partial charge in [0.1, 0.15) is 0 Å². The standard InChI is InChI=1S/C22H29N3O3.HI/c1-23-22(24-14-18-12-19(27-2)21(26)20(13-18)28-3)25-10-9-17(15-25)11-16-7-5-4-6-8-16;/h4-8,12-13,17,26H,9-11,14-15H2,1-3H3,(H,23,24);1H. The normalized spacial score (nSPS) is 16.3. The molecule has 1 aliphatic heterocycles. The van der Waals surface area contributed by atoms with Crippen molar-refractivity contribution in [2.75, 3.05) is 34.4 Å². The number of nitrogens with one attached hydrogen (secondary N) is 1. The molecule has 2 aromatic rings. The van der Waals surface area contributed by atoms with Crippen LogP contribution in [0.25, 0.3) is 0 Å². The van der Waals surface area contributed by atoms with Gasteiger partial charge in [-0.25, -0.2) is 0 Å². The van der Waals surface area contributed by atoms with Crippen molar-refractivity contribution in [1.82, 2.24) is 10.2 Å². The maximum Gasteiger partial charge on any atom is 0.200 e. The summed E-state index contributed by atoms with van der Waals surface area (Å²) in [5.41, 5.74) is 2.34. The number of rotatable bonds is 6. The predicted octanol–water partition coefficient (Wildman–Crippen LogP) is 3.67. The third-order valence-electron chi connectivity index (χ3n) is 5.15. The van der Waals surface area contributed by atoms with E-state index in [1.165, 1.54) is 19.8 Å². The highest BCUT2D eigenvalue weighted by atomic mass is 127. The number of phenols is 1. The number of aliphatic imine (C=N–C) groups is 1. The van der Waals surface area contributed by atoms with Crippen LogP contribution in [0, 0.1) is 5.92 Å². The van der Waals surface area contributed by atoms with Crippen LogP contribution >= 0.6 is 24.0 Å². The van der Waals surface area contributed by atoms with Crippen LogP contribution in [0.1, 0.15) is 17.5 Å². The number of guanidine groups is 1. The number of halogens is 1. The molecule has 1 aliphatic rings. The highest BCUT2D eigenvalue weighted by molar-refractivity contribution is 14.0. The second-order valence-corrected chi connectivity index (χ2v) is 7.04. The van der Waals surface area contributed by atoms with E-state index in [2.05, 4.69) is 45.5 Å². The highest BCUT2D eigenvalue weighted by Crippen LogP contribution is 2.37. The molecule has 0 saturated carbocycles. The van der Waals surface area contributed by atoms with Crippen LogP contribution in [0.5, 0.6) is 17.2 Å². The second-order valence-electron chi connectivity index (χ2n) is 7.04. The molecule has 0 radical (unpaired) electrons. The van der Waals surface area contributed by atoms with Gasteiger partial charge in [-0.3, -0.25) is 4.99 Å². The summed E-state index contributed by atoms with van der Waals surface area (Å²) in [7, 11) is 4.87. The average molecular weight is 511 g/mol. The minimum atomic E-state index is 0. The minimum absolute atomic E-state index is 0. The van der Waals surface area contributed by atoms with E-state index in [4.69, 9.17) is 9.47 Å². The number of likely N-dealkylation sites (tertiary alicyclic amines) is 1. The molecule has 1 saturated heterocycles. The Bertz CT molecular complexity index is 789. The van der Waals surface area contributed by atoms with Crippen LogP contribution in [-0.4, -0.2) is 50.3 Å². The zero-order valence-corrected chi connectivity index (χ0v) is 19.6. The first-order chi connectivity index (χ1) is 13.6. The number of nitrogens with zero attached hydrogens (tertiary/aromatic N) is 2. The lowest BCUT2D eigenvalue weighted by Crippen LogP contribution is -2.39. The van der Waals surface area contributed by atoms with Crippen LogP contribution in [0.3, 0.4) is 0 Å². The molecule has 0 spiro atoms. The SMILES string of the molecule is CN=C(NCc1cc(OC)c(O)c(OC)c1)N1CCC(Cc2ccccc2)C1.I. The van der Waals surface area contributed by atoms with E-state index >= 15 is 0 Å². The molecule has 1 heterocycles. The quantitative estimate of drug-likeness (QED) is 0.352. The molecule has 1 fully saturated rings. The largest absolute Gasteiger partial charge is 0.502 e. The summed E-state index contributed by atoms with van der Waals surface area (Å²) in [6.45, 7) is 2.57. The van der Waals surface area contributed by atoms with Gasteiger partial charge in [0, 0.05) is 26.7 Å². The topological polar surface area (TPSA) is 66.3 Å². The van der Waals surface area contributed by atoms with Gasteiger partial charge < -0.3 is 24.8 Å². The number of ether oxygens (including phenoxy) is 2. The van der Waals surface area contributed by atoms with Crippen LogP contribution in [-0.2, 0) is 13.0 Å². The fourth-order valence-electron chi connectivity index (χ4n) is 3.70. The minimum Gasteiger partial charge on any atom is -0.502 e. The lowest BCUT2D eigenvalue weighted by atomic mass is 9.99. The van der Waals surface area contributed by atoms with Crippen LogP contribution in [0.2, 0.25) is 0 Å². The molecule has 0 amide bonds. The second kappa shape index (κ2) is 11.1. The summed E-state index contributed by atoms with van der Waals surface area (Å²) >= 11 is 0. The first kappa shape index (κ1) is 23.1. The Morgan fingerprint density at radius 3 is 2.38 bits per heavy atom. The zero-order valence-electron chi connectivity index (χ0n) is 17.2. The molecule has 1 atom stereocenters. The molecule has 0 aliphatic carbocycles. The van der Waals surface area contributed by atoms with Crippen molar-refractivity contribution in [3.63, 3.8) is 0 Å². The van der Waals surface area contributed by atoms with Gasteiger partial charge in [-0.15, -0.1) is 24.0 Å². The highest BCUT2D eigenvalue weighted by Gasteiger charge is 2.25. The maximum atomic E-state index is 10.1. The summed E-state index contributed by atoms with van der Waals surface area (Å²) in [5.74, 6) is 2.34. The molecule has 3 rings (SSSR count). The van der Waals surface area contributed by atoms with Crippen molar-refractivity contribution in [2.45, 2.75) is 19.4 Å². The first-order valence-corrected chi connectivity index (χ1v) is 9.58. The number of hydrogen-bond donors (Lipinski definition) is 2. The number of methoxy groups -OCH3 is 2. The summed E-state index contributed by atoms with van der Waals surface area (Å²) in [5, 5.41) is 13.5. The van der Waals surface area contributed by atoms with Crippen LogP contribution < -0.4 is 14.8 Å². The monoisotopic (exact) mass is 511 g/mol. The summed E-state index contributed by atoms with van der Waals surface area (Å²) in [6, 6.07) is 14.3. The van der Waals surface area contributed by atoms with E-state index in [0.29, 0.717) is 24.0 Å². The van der Waals surface area contributed by atoms with Gasteiger partial charge in [0.2, 0.25) is 5.75 Å². The van der Waals surface area contributed by atoms with E-state index in [1.807, 2.05) is 7.05 Å². The third-order valence-corrected chi connectivity index (χ3v) is 5.15. The van der Waals surface area contributed by atoms with Crippen molar-refractivity contribution in [1.29, 1.82) is 0 Å². The van der Waals surface area contributed by atoms with E-state index in [9.17, 15) is 5.11 Å². The van der Waals surface area contributed by atoms with E-state index < -0.39 is 0 Å². The Morgan fingerprint density at radius 1 is 1.14 bits per heavy atom. The van der Waals surface area contributed by atoms with Gasteiger partial charge >= 0.3 is 0 Å². The van der Waals surface area contributed by atoms with Gasteiger partial charge in [-0.2, -0.15) is 0 Å². The molecule has 2 aromatic carbocycles. The van der Waals surface area contributed by atoms with Gasteiger partial charge in [0.25, 0.3) is 0 Å². The van der Waals surface area contributed by atoms with Crippen LogP contribution in [0.4, 0.5) is 0 Å². The Hall–Kier alpha value is -2.16. The van der Waals surface area contributed by atoms with E-state index in [-0.39, 0.29) is 29.7 Å². The molecule has 0 aromatic heterocycles. The van der Waals surface area contributed by atoms with Crippen molar-refractivity contribution in [3.05, 3.63) is 53.6 Å². The molecule has 29 heavy (non-hydrogen) atoms. The summed E-state index contributed by atoms with van der Waals surface area (Å²) in [4.78, 5) is 6.76. The van der Waals surface area contributed by atoms with Gasteiger partial charge in [-0.1, -0.05) is 30.3 Å². The fourth-order valence-corrected chi connectivity index (χ4v) is 3.70. The van der Waals surface area contributed by atoms with Crippen molar-refractivity contribution >= 4 is 29.9 Å². The van der Waals surface area contributed by atoms with E-state index in [0.717, 1.165) is 37.5 Å². The third kappa shape index (κ3) is 5.91. The van der Waals surface area contributed by atoms with Gasteiger partial charge in [0.05, 0.1) is 14.2 Å². The maximum absolute atomic E-state index is 10.1.